The zero-order chi connectivity index (χ0) is 11.5. The van der Waals surface area contributed by atoms with Crippen molar-refractivity contribution >= 4 is 19.0 Å². The second kappa shape index (κ2) is 4.44. The maximum atomic E-state index is 11.2. The van der Waals surface area contributed by atoms with Gasteiger partial charge in [-0.15, -0.1) is 0 Å². The standard InChI is InChI=1S/C12H10NO2P/c13-11-7-3-1-5-9(11)10-6-2-4-8-12(10)16(14)15/h1-8H,13H2/p+1. The predicted octanol–water partition coefficient (Wildman–Crippen LogP) is 2.30. The molecule has 0 aliphatic rings. The molecule has 0 aliphatic heterocycles. The Hall–Kier alpha value is -1.70. The molecule has 1 unspecified atom stereocenters. The normalized spacial score (nSPS) is 11.2. The third kappa shape index (κ3) is 1.96. The highest BCUT2D eigenvalue weighted by atomic mass is 31.1. The van der Waals surface area contributed by atoms with Crippen LogP contribution in [-0.4, -0.2) is 4.89 Å². The van der Waals surface area contributed by atoms with Crippen LogP contribution in [-0.2, 0) is 4.57 Å². The van der Waals surface area contributed by atoms with Gasteiger partial charge in [0, 0.05) is 16.8 Å². The van der Waals surface area contributed by atoms with E-state index < -0.39 is 8.03 Å². The van der Waals surface area contributed by atoms with E-state index in [2.05, 4.69) is 0 Å². The fraction of sp³-hybridized carbons (Fsp3) is 0. The zero-order valence-corrected chi connectivity index (χ0v) is 9.39. The quantitative estimate of drug-likeness (QED) is 0.616. The lowest BCUT2D eigenvalue weighted by Crippen LogP contribution is -2.02. The van der Waals surface area contributed by atoms with Gasteiger partial charge in [-0.2, -0.15) is 4.89 Å². The Balaban J connectivity index is 2.65. The van der Waals surface area contributed by atoms with Crippen molar-refractivity contribution in [3.63, 3.8) is 0 Å². The second-order valence-electron chi connectivity index (χ2n) is 3.38. The number of para-hydroxylation sites is 1. The van der Waals surface area contributed by atoms with Gasteiger partial charge in [0.15, 0.2) is 0 Å². The second-order valence-corrected chi connectivity index (χ2v) is 4.41. The van der Waals surface area contributed by atoms with Crippen LogP contribution in [0, 0.1) is 0 Å². The Bertz CT molecular complexity index is 540. The average molecular weight is 232 g/mol. The minimum absolute atomic E-state index is 0.412. The highest BCUT2D eigenvalue weighted by molar-refractivity contribution is 7.47. The highest BCUT2D eigenvalue weighted by Gasteiger charge is 2.22. The monoisotopic (exact) mass is 232 g/mol. The molecule has 0 fully saturated rings. The summed E-state index contributed by atoms with van der Waals surface area (Å²) in [5.41, 5.74) is 7.95. The summed E-state index contributed by atoms with van der Waals surface area (Å²) in [4.78, 5) is 9.23. The van der Waals surface area contributed by atoms with E-state index in [1.165, 1.54) is 0 Å². The Kier molecular flexibility index (Phi) is 3.00. The lowest BCUT2D eigenvalue weighted by Gasteiger charge is -2.04. The van der Waals surface area contributed by atoms with Gasteiger partial charge in [-0.3, -0.25) is 0 Å². The van der Waals surface area contributed by atoms with E-state index in [1.807, 2.05) is 24.3 Å². The lowest BCUT2D eigenvalue weighted by atomic mass is 10.0. The number of hydrogen-bond acceptors (Lipinski definition) is 2. The number of hydrogen-bond donors (Lipinski definition) is 2. The first-order valence-corrected chi connectivity index (χ1v) is 6.01. The molecule has 0 saturated heterocycles. The van der Waals surface area contributed by atoms with Crippen molar-refractivity contribution in [1.29, 1.82) is 0 Å². The minimum atomic E-state index is -2.36. The van der Waals surface area contributed by atoms with E-state index in [9.17, 15) is 9.46 Å². The van der Waals surface area contributed by atoms with Gasteiger partial charge >= 0.3 is 8.03 Å². The molecule has 2 aromatic carbocycles. The summed E-state index contributed by atoms with van der Waals surface area (Å²) < 4.78 is 11.2. The maximum absolute atomic E-state index is 11.2. The molecular weight excluding hydrogens is 221 g/mol. The molecule has 3 N–H and O–H groups in total. The number of nitrogens with two attached hydrogens (primary N) is 1. The number of nitrogen functional groups attached to an aromatic ring is 1. The summed E-state index contributed by atoms with van der Waals surface area (Å²) in [6.07, 6.45) is 0. The van der Waals surface area contributed by atoms with Crippen molar-refractivity contribution in [2.75, 3.05) is 5.73 Å². The van der Waals surface area contributed by atoms with E-state index >= 15 is 0 Å². The van der Waals surface area contributed by atoms with Crippen molar-refractivity contribution in [2.24, 2.45) is 0 Å². The summed E-state index contributed by atoms with van der Waals surface area (Å²) in [7, 11) is -2.36. The van der Waals surface area contributed by atoms with Gasteiger partial charge in [-0.1, -0.05) is 30.3 Å². The summed E-state index contributed by atoms with van der Waals surface area (Å²) in [5, 5.41) is 0.412. The van der Waals surface area contributed by atoms with Crippen LogP contribution in [0.4, 0.5) is 5.69 Å². The summed E-state index contributed by atoms with van der Waals surface area (Å²) in [5.74, 6) is 0. The van der Waals surface area contributed by atoms with Gasteiger partial charge in [0.1, 0.15) is 0 Å². The molecule has 0 aromatic heterocycles. The smallest absolute Gasteiger partial charge is 0.398 e. The third-order valence-electron chi connectivity index (χ3n) is 2.36. The Morgan fingerprint density at radius 3 is 2.12 bits per heavy atom. The molecule has 0 amide bonds. The number of anilines is 1. The van der Waals surface area contributed by atoms with E-state index in [-0.39, 0.29) is 0 Å². The molecule has 0 radical (unpaired) electrons. The highest BCUT2D eigenvalue weighted by Crippen LogP contribution is 2.28. The molecule has 0 bridgehead atoms. The Morgan fingerprint density at radius 1 is 0.938 bits per heavy atom. The Labute approximate surface area is 94.4 Å². The van der Waals surface area contributed by atoms with Crippen LogP contribution in [0.25, 0.3) is 11.1 Å². The predicted molar refractivity (Wildman–Crippen MR) is 65.7 cm³/mol. The van der Waals surface area contributed by atoms with Crippen LogP contribution in [0.15, 0.2) is 48.5 Å². The fourth-order valence-electron chi connectivity index (χ4n) is 1.61. The number of rotatable bonds is 2. The number of benzene rings is 2. The molecule has 80 valence electrons. The first-order valence-electron chi connectivity index (χ1n) is 4.80. The van der Waals surface area contributed by atoms with Gasteiger partial charge < -0.3 is 5.73 Å². The van der Waals surface area contributed by atoms with Gasteiger partial charge in [0.2, 0.25) is 5.30 Å². The topological polar surface area (TPSA) is 63.3 Å². The fourth-order valence-corrected chi connectivity index (χ4v) is 2.23. The molecule has 2 aromatic rings. The summed E-state index contributed by atoms with van der Waals surface area (Å²) in [6.45, 7) is 0. The first-order chi connectivity index (χ1) is 7.70. The van der Waals surface area contributed by atoms with Gasteiger partial charge in [0.05, 0.1) is 0 Å². The molecule has 2 rings (SSSR count). The van der Waals surface area contributed by atoms with Gasteiger partial charge in [-0.05, 0) is 22.8 Å². The maximum Gasteiger partial charge on any atom is 0.546 e. The zero-order valence-electron chi connectivity index (χ0n) is 8.50. The molecular formula is C12H11NO2P+. The van der Waals surface area contributed by atoms with E-state index in [0.717, 1.165) is 5.56 Å². The molecule has 1 atom stereocenters. The van der Waals surface area contributed by atoms with Crippen LogP contribution < -0.4 is 11.0 Å². The van der Waals surface area contributed by atoms with E-state index in [1.54, 1.807) is 24.3 Å². The van der Waals surface area contributed by atoms with Gasteiger partial charge in [0.25, 0.3) is 0 Å². The average Bonchev–Trinajstić information content (AvgIpc) is 2.29. The molecule has 4 heteroatoms. The van der Waals surface area contributed by atoms with Crippen LogP contribution in [0.3, 0.4) is 0 Å². The summed E-state index contributed by atoms with van der Waals surface area (Å²) >= 11 is 0. The first kappa shape index (κ1) is 10.8. The van der Waals surface area contributed by atoms with E-state index in [4.69, 9.17) is 5.73 Å². The van der Waals surface area contributed by atoms with Crippen molar-refractivity contribution in [2.45, 2.75) is 0 Å². The van der Waals surface area contributed by atoms with Crippen molar-refractivity contribution in [1.82, 2.24) is 0 Å². The molecule has 0 heterocycles. The van der Waals surface area contributed by atoms with Crippen LogP contribution in [0.1, 0.15) is 0 Å². The summed E-state index contributed by atoms with van der Waals surface area (Å²) in [6, 6.07) is 14.3. The van der Waals surface area contributed by atoms with Crippen molar-refractivity contribution in [3.05, 3.63) is 48.5 Å². The molecule has 0 saturated carbocycles. The SMILES string of the molecule is Nc1ccccc1-c1ccccc1[P+](=O)O. The van der Waals surface area contributed by atoms with Gasteiger partial charge in [-0.25, -0.2) is 0 Å². The van der Waals surface area contributed by atoms with Crippen LogP contribution in [0.2, 0.25) is 0 Å². The van der Waals surface area contributed by atoms with Crippen molar-refractivity contribution < 1.29 is 9.46 Å². The minimum Gasteiger partial charge on any atom is -0.398 e. The van der Waals surface area contributed by atoms with E-state index in [0.29, 0.717) is 16.6 Å². The largest absolute Gasteiger partial charge is 0.546 e. The molecule has 0 aliphatic carbocycles. The Morgan fingerprint density at radius 2 is 1.50 bits per heavy atom. The van der Waals surface area contributed by atoms with Crippen molar-refractivity contribution in [3.8, 4) is 11.1 Å². The van der Waals surface area contributed by atoms with Crippen LogP contribution in [0.5, 0.6) is 0 Å². The third-order valence-corrected chi connectivity index (χ3v) is 3.16. The lowest BCUT2D eigenvalue weighted by molar-refractivity contribution is 0.513. The molecule has 0 spiro atoms. The molecule has 16 heavy (non-hydrogen) atoms. The molecule has 3 nitrogen and oxygen atoms in total. The van der Waals surface area contributed by atoms with Crippen LogP contribution >= 0.6 is 8.03 Å².